The summed E-state index contributed by atoms with van der Waals surface area (Å²) in [7, 11) is 0. The third-order valence-corrected chi connectivity index (χ3v) is 4.32. The zero-order valence-corrected chi connectivity index (χ0v) is 12.3. The predicted octanol–water partition coefficient (Wildman–Crippen LogP) is 1.68. The van der Waals surface area contributed by atoms with Crippen LogP contribution in [0.5, 0.6) is 5.75 Å². The first kappa shape index (κ1) is 15.5. The third-order valence-electron chi connectivity index (χ3n) is 4.32. The molecule has 0 bridgehead atoms. The van der Waals surface area contributed by atoms with Crippen molar-refractivity contribution in [1.29, 1.82) is 0 Å². The van der Waals surface area contributed by atoms with Gasteiger partial charge in [0, 0.05) is 38.3 Å². The van der Waals surface area contributed by atoms with E-state index >= 15 is 0 Å². The maximum Gasteiger partial charge on any atom is 0.407 e. The van der Waals surface area contributed by atoms with Gasteiger partial charge in [0.1, 0.15) is 5.75 Å². The summed E-state index contributed by atoms with van der Waals surface area (Å²) < 4.78 is 20.0. The normalized spacial score (nSPS) is 21.4. The smallest absolute Gasteiger partial charge is 0.407 e. The molecule has 0 radical (unpaired) electrons. The highest BCUT2D eigenvalue weighted by Crippen LogP contribution is 2.33. The Balaban J connectivity index is 1.89. The van der Waals surface area contributed by atoms with E-state index in [-0.39, 0.29) is 18.2 Å². The maximum atomic E-state index is 14.4. The lowest BCUT2D eigenvalue weighted by atomic mass is 10.0. The molecule has 2 aliphatic rings. The number of amides is 1. The van der Waals surface area contributed by atoms with Crippen molar-refractivity contribution in [3.8, 4) is 5.75 Å². The predicted molar refractivity (Wildman–Crippen MR) is 77.0 cm³/mol. The number of carboxylic acid groups (broad SMARTS) is 1. The van der Waals surface area contributed by atoms with Crippen molar-refractivity contribution < 1.29 is 24.0 Å². The fourth-order valence-electron chi connectivity index (χ4n) is 3.07. The van der Waals surface area contributed by atoms with Crippen LogP contribution in [0, 0.1) is 15.9 Å². The fraction of sp³-hybridized carbons (Fsp3) is 0.500. The number of fused-ring (bicyclic) bond motifs is 2. The molecule has 9 heteroatoms. The number of ether oxygens (including phenoxy) is 1. The first-order valence-corrected chi connectivity index (χ1v) is 7.28. The van der Waals surface area contributed by atoms with E-state index in [1.165, 1.54) is 11.0 Å². The second kappa shape index (κ2) is 5.99. The molecule has 1 amide bonds. The summed E-state index contributed by atoms with van der Waals surface area (Å²) >= 11 is 0. The fourth-order valence-corrected chi connectivity index (χ4v) is 3.07. The number of nitro groups is 1. The maximum absolute atomic E-state index is 14.4. The highest BCUT2D eigenvalue weighted by molar-refractivity contribution is 5.65. The van der Waals surface area contributed by atoms with Crippen molar-refractivity contribution in [3.05, 3.63) is 33.6 Å². The van der Waals surface area contributed by atoms with Crippen LogP contribution in [0.15, 0.2) is 12.1 Å². The molecular formula is C14H16FN3O5. The minimum Gasteiger partial charge on any atom is -0.493 e. The van der Waals surface area contributed by atoms with Crippen LogP contribution in [-0.2, 0) is 6.54 Å². The molecule has 0 aromatic heterocycles. The van der Waals surface area contributed by atoms with Crippen LogP contribution in [0.1, 0.15) is 12.0 Å². The van der Waals surface area contributed by atoms with E-state index in [0.717, 1.165) is 6.07 Å². The van der Waals surface area contributed by atoms with E-state index in [0.29, 0.717) is 38.4 Å². The van der Waals surface area contributed by atoms with Crippen molar-refractivity contribution in [2.45, 2.75) is 19.0 Å². The van der Waals surface area contributed by atoms with Crippen LogP contribution in [0.4, 0.5) is 14.9 Å². The van der Waals surface area contributed by atoms with Gasteiger partial charge >= 0.3 is 11.8 Å². The van der Waals surface area contributed by atoms with Crippen molar-refractivity contribution in [2.75, 3.05) is 26.2 Å². The van der Waals surface area contributed by atoms with Gasteiger partial charge in [0.2, 0.25) is 5.82 Å². The summed E-state index contributed by atoms with van der Waals surface area (Å²) in [5.41, 5.74) is -0.415. The van der Waals surface area contributed by atoms with Crippen molar-refractivity contribution in [3.63, 3.8) is 0 Å². The molecular weight excluding hydrogens is 309 g/mol. The van der Waals surface area contributed by atoms with Crippen molar-refractivity contribution in [1.82, 2.24) is 9.80 Å². The van der Waals surface area contributed by atoms with Crippen molar-refractivity contribution in [2.24, 2.45) is 0 Å². The average molecular weight is 325 g/mol. The van der Waals surface area contributed by atoms with E-state index in [1.54, 1.807) is 0 Å². The number of carbonyl (C=O) groups is 1. The SMILES string of the molecule is O=C(O)N1CCN2Cc3c(ccc([N+](=O)[O-])c3F)OCCC2C1. The number of nitrogens with zero attached hydrogens (tertiary/aromatic N) is 3. The average Bonchev–Trinajstić information content (AvgIpc) is 2.48. The van der Waals surface area contributed by atoms with Gasteiger partial charge in [-0.1, -0.05) is 0 Å². The molecule has 8 nitrogen and oxygen atoms in total. The van der Waals surface area contributed by atoms with Crippen molar-refractivity contribution >= 4 is 11.8 Å². The van der Waals surface area contributed by atoms with Crippen LogP contribution in [0.3, 0.4) is 0 Å². The van der Waals surface area contributed by atoms with Crippen LogP contribution >= 0.6 is 0 Å². The Morgan fingerprint density at radius 1 is 1.43 bits per heavy atom. The van der Waals surface area contributed by atoms with Crippen LogP contribution < -0.4 is 4.74 Å². The van der Waals surface area contributed by atoms with E-state index < -0.39 is 22.5 Å². The molecule has 1 fully saturated rings. The molecule has 23 heavy (non-hydrogen) atoms. The largest absolute Gasteiger partial charge is 0.493 e. The van der Waals surface area contributed by atoms with Crippen LogP contribution in [0.25, 0.3) is 0 Å². The Labute approximate surface area is 131 Å². The van der Waals surface area contributed by atoms with Gasteiger partial charge in [0.15, 0.2) is 0 Å². The summed E-state index contributed by atoms with van der Waals surface area (Å²) in [6.07, 6.45) is -0.364. The number of rotatable bonds is 1. The van der Waals surface area contributed by atoms with Gasteiger partial charge in [-0.25, -0.2) is 4.79 Å². The summed E-state index contributed by atoms with van der Waals surface area (Å²) in [6, 6.07) is 2.44. The first-order chi connectivity index (χ1) is 11.0. The molecule has 1 N–H and O–H groups in total. The number of benzene rings is 1. The molecule has 3 rings (SSSR count). The van der Waals surface area contributed by atoms with Gasteiger partial charge in [-0.3, -0.25) is 15.0 Å². The standard InChI is InChI=1S/C14H16FN3O5/c15-13-10-8-16-4-5-17(14(19)20)7-9(16)3-6-23-12(10)2-1-11(13)18(21)22/h1-2,9H,3-8H2,(H,19,20). The van der Waals surface area contributed by atoms with Gasteiger partial charge in [-0.15, -0.1) is 0 Å². The first-order valence-electron chi connectivity index (χ1n) is 7.28. The van der Waals surface area contributed by atoms with Gasteiger partial charge < -0.3 is 14.7 Å². The Kier molecular flexibility index (Phi) is 4.03. The zero-order chi connectivity index (χ0) is 16.6. The number of nitro benzene ring substituents is 1. The molecule has 2 heterocycles. The molecule has 0 spiro atoms. The van der Waals surface area contributed by atoms with E-state index in [4.69, 9.17) is 9.84 Å². The molecule has 0 saturated carbocycles. The summed E-state index contributed by atoms with van der Waals surface area (Å²) in [5.74, 6) is -0.568. The Morgan fingerprint density at radius 2 is 2.22 bits per heavy atom. The second-order valence-corrected chi connectivity index (χ2v) is 5.62. The minimum atomic E-state index is -0.977. The van der Waals surface area contributed by atoms with Gasteiger partial charge in [0.05, 0.1) is 17.1 Å². The molecule has 1 unspecified atom stereocenters. The van der Waals surface area contributed by atoms with E-state index in [9.17, 15) is 19.3 Å². The minimum absolute atomic E-state index is 0.0911. The summed E-state index contributed by atoms with van der Waals surface area (Å²) in [4.78, 5) is 24.5. The number of hydrogen-bond donors (Lipinski definition) is 1. The summed E-state index contributed by atoms with van der Waals surface area (Å²) in [5, 5.41) is 20.0. The number of halogens is 1. The lowest BCUT2D eigenvalue weighted by Crippen LogP contribution is -2.54. The molecule has 1 aromatic carbocycles. The number of hydrogen-bond acceptors (Lipinski definition) is 5. The zero-order valence-electron chi connectivity index (χ0n) is 12.3. The van der Waals surface area contributed by atoms with Gasteiger partial charge in [-0.05, 0) is 12.5 Å². The van der Waals surface area contributed by atoms with Gasteiger partial charge in [0.25, 0.3) is 0 Å². The highest BCUT2D eigenvalue weighted by Gasteiger charge is 2.33. The van der Waals surface area contributed by atoms with Crippen LogP contribution in [0.2, 0.25) is 0 Å². The molecule has 1 aromatic rings. The third kappa shape index (κ3) is 2.91. The monoisotopic (exact) mass is 325 g/mol. The Hall–Kier alpha value is -2.42. The molecule has 1 atom stereocenters. The molecule has 0 aliphatic carbocycles. The lowest BCUT2D eigenvalue weighted by molar-refractivity contribution is -0.387. The number of piperazine rings is 1. The molecule has 2 aliphatic heterocycles. The lowest BCUT2D eigenvalue weighted by Gasteiger charge is -2.41. The van der Waals surface area contributed by atoms with Gasteiger partial charge in [-0.2, -0.15) is 4.39 Å². The Morgan fingerprint density at radius 3 is 2.91 bits per heavy atom. The second-order valence-electron chi connectivity index (χ2n) is 5.62. The Bertz CT molecular complexity index is 654. The topological polar surface area (TPSA) is 96.2 Å². The molecule has 124 valence electrons. The quantitative estimate of drug-likeness (QED) is 0.623. The van der Waals surface area contributed by atoms with Crippen LogP contribution in [-0.4, -0.2) is 58.2 Å². The summed E-state index contributed by atoms with van der Waals surface area (Å²) in [6.45, 7) is 1.58. The highest BCUT2D eigenvalue weighted by atomic mass is 19.1. The van der Waals surface area contributed by atoms with E-state index in [1.807, 2.05) is 4.90 Å². The molecule has 1 saturated heterocycles. The van der Waals surface area contributed by atoms with E-state index in [2.05, 4.69) is 0 Å².